The molecule has 2 heterocycles. The standard InChI is InChI=1S/C22H26F3N6O3PS/c1-31(36(4,33)34)20-16(8-6-10-26-20)12-27-19-18(22(23,24)25)13-28-21(30-19)29-17-9-5-7-15(11-17)14-35(2,3)32/h5-11,13H,12,14H2,1-4H3,(H2,27,28,29,30). The van der Waals surface area contributed by atoms with Crippen molar-refractivity contribution in [2.45, 2.75) is 18.9 Å². The molecule has 2 aromatic heterocycles. The molecular weight excluding hydrogens is 516 g/mol. The average molecular weight is 543 g/mol. The SMILES string of the molecule is CN(c1ncccc1CNc1nc(Nc2cccc(CP(C)(C)=O)c2)ncc1C(F)(F)F)S(C)(=O)=O. The maximum absolute atomic E-state index is 13.6. The third-order valence-corrected chi connectivity index (χ3v) is 7.24. The van der Waals surface area contributed by atoms with Crippen molar-refractivity contribution in [1.82, 2.24) is 15.0 Å². The van der Waals surface area contributed by atoms with Gasteiger partial charge in [-0.15, -0.1) is 0 Å². The summed E-state index contributed by atoms with van der Waals surface area (Å²) in [6, 6.07) is 10.1. The Bertz CT molecular complexity index is 1400. The number of hydrogen-bond donors (Lipinski definition) is 2. The molecule has 0 fully saturated rings. The highest BCUT2D eigenvalue weighted by Crippen LogP contribution is 2.40. The van der Waals surface area contributed by atoms with E-state index >= 15 is 0 Å². The van der Waals surface area contributed by atoms with E-state index in [4.69, 9.17) is 0 Å². The highest BCUT2D eigenvalue weighted by molar-refractivity contribution is 7.92. The summed E-state index contributed by atoms with van der Waals surface area (Å²) < 4.78 is 77.9. The lowest BCUT2D eigenvalue weighted by Crippen LogP contribution is -2.27. The van der Waals surface area contributed by atoms with Crippen molar-refractivity contribution < 1.29 is 26.2 Å². The molecular formula is C22H26F3N6O3PS. The van der Waals surface area contributed by atoms with Crippen molar-refractivity contribution in [3.05, 3.63) is 65.5 Å². The molecule has 2 N–H and O–H groups in total. The van der Waals surface area contributed by atoms with Crippen LogP contribution in [0.4, 0.5) is 36.4 Å². The molecule has 0 aliphatic heterocycles. The molecule has 3 rings (SSSR count). The molecule has 3 aromatic rings. The molecule has 14 heteroatoms. The van der Waals surface area contributed by atoms with E-state index in [1.165, 1.54) is 13.2 Å². The monoisotopic (exact) mass is 542 g/mol. The zero-order valence-electron chi connectivity index (χ0n) is 20.0. The molecule has 0 saturated heterocycles. The molecule has 0 saturated carbocycles. The maximum atomic E-state index is 13.6. The first kappa shape index (κ1) is 27.4. The molecule has 0 spiro atoms. The summed E-state index contributed by atoms with van der Waals surface area (Å²) in [7, 11) is -4.66. The van der Waals surface area contributed by atoms with Gasteiger partial charge < -0.3 is 15.2 Å². The number of anilines is 4. The molecule has 0 atom stereocenters. The topological polar surface area (TPSA) is 117 Å². The minimum atomic E-state index is -4.73. The molecule has 0 aliphatic carbocycles. The number of alkyl halides is 3. The van der Waals surface area contributed by atoms with E-state index < -0.39 is 34.7 Å². The van der Waals surface area contributed by atoms with E-state index in [1.807, 2.05) is 6.07 Å². The largest absolute Gasteiger partial charge is 0.421 e. The molecule has 9 nitrogen and oxygen atoms in total. The predicted octanol–water partition coefficient (Wildman–Crippen LogP) is 4.76. The summed E-state index contributed by atoms with van der Waals surface area (Å²) in [6.07, 6.45) is -1.30. The van der Waals surface area contributed by atoms with Crippen LogP contribution in [-0.2, 0) is 33.5 Å². The second-order valence-electron chi connectivity index (χ2n) is 8.58. The van der Waals surface area contributed by atoms with Crippen LogP contribution in [0.15, 0.2) is 48.8 Å². The average Bonchev–Trinajstić information content (AvgIpc) is 2.75. The van der Waals surface area contributed by atoms with E-state index in [0.29, 0.717) is 23.6 Å². The van der Waals surface area contributed by atoms with Crippen LogP contribution in [0.2, 0.25) is 0 Å². The summed E-state index contributed by atoms with van der Waals surface area (Å²) in [5, 5.41) is 5.52. The van der Waals surface area contributed by atoms with E-state index in [0.717, 1.165) is 16.1 Å². The molecule has 1 aromatic carbocycles. The molecule has 194 valence electrons. The van der Waals surface area contributed by atoms with Gasteiger partial charge in [0.1, 0.15) is 17.2 Å². The number of rotatable bonds is 9. The third-order valence-electron chi connectivity index (χ3n) is 4.95. The van der Waals surface area contributed by atoms with Gasteiger partial charge in [0, 0.05) is 43.4 Å². The van der Waals surface area contributed by atoms with Gasteiger partial charge in [-0.3, -0.25) is 4.31 Å². The van der Waals surface area contributed by atoms with Crippen LogP contribution in [0.5, 0.6) is 0 Å². The predicted molar refractivity (Wildman–Crippen MR) is 135 cm³/mol. The molecule has 0 unspecified atom stereocenters. The van der Waals surface area contributed by atoms with Gasteiger partial charge in [-0.05, 0) is 37.1 Å². The lowest BCUT2D eigenvalue weighted by molar-refractivity contribution is -0.137. The van der Waals surface area contributed by atoms with Crippen LogP contribution in [-0.4, -0.2) is 50.0 Å². The van der Waals surface area contributed by atoms with Gasteiger partial charge in [-0.25, -0.2) is 18.4 Å². The lowest BCUT2D eigenvalue weighted by atomic mass is 10.2. The molecule has 0 bridgehead atoms. The minimum Gasteiger partial charge on any atom is -0.365 e. The van der Waals surface area contributed by atoms with Crippen molar-refractivity contribution in [1.29, 1.82) is 0 Å². The summed E-state index contributed by atoms with van der Waals surface area (Å²) in [6.45, 7) is 3.16. The second-order valence-corrected chi connectivity index (χ2v) is 14.1. The first-order valence-corrected chi connectivity index (χ1v) is 15.2. The second kappa shape index (κ2) is 10.4. The van der Waals surface area contributed by atoms with E-state index in [1.54, 1.807) is 43.7 Å². The van der Waals surface area contributed by atoms with Gasteiger partial charge in [-0.2, -0.15) is 18.2 Å². The number of aromatic nitrogens is 3. The van der Waals surface area contributed by atoms with Crippen LogP contribution < -0.4 is 14.9 Å². The van der Waals surface area contributed by atoms with Gasteiger partial charge >= 0.3 is 6.18 Å². The van der Waals surface area contributed by atoms with Crippen LogP contribution in [0.3, 0.4) is 0 Å². The Labute approximate surface area is 207 Å². The highest BCUT2D eigenvalue weighted by Gasteiger charge is 2.35. The summed E-state index contributed by atoms with van der Waals surface area (Å²) in [5.41, 5.74) is 0.596. The Morgan fingerprint density at radius 3 is 2.47 bits per heavy atom. The number of halogens is 3. The normalized spacial score (nSPS) is 12.3. The Morgan fingerprint density at radius 2 is 1.83 bits per heavy atom. The highest BCUT2D eigenvalue weighted by atomic mass is 32.2. The van der Waals surface area contributed by atoms with E-state index in [2.05, 4.69) is 25.6 Å². The van der Waals surface area contributed by atoms with Gasteiger partial charge in [0.25, 0.3) is 0 Å². The van der Waals surface area contributed by atoms with Crippen LogP contribution in [0, 0.1) is 0 Å². The van der Waals surface area contributed by atoms with Crippen LogP contribution in [0.1, 0.15) is 16.7 Å². The van der Waals surface area contributed by atoms with Crippen molar-refractivity contribution >= 4 is 40.4 Å². The molecule has 0 amide bonds. The Balaban J connectivity index is 1.90. The summed E-state index contributed by atoms with van der Waals surface area (Å²) in [4.78, 5) is 11.9. The number of sulfonamides is 1. The van der Waals surface area contributed by atoms with E-state index in [9.17, 15) is 26.2 Å². The zero-order chi connectivity index (χ0) is 26.7. The molecule has 36 heavy (non-hydrogen) atoms. The van der Waals surface area contributed by atoms with Crippen LogP contribution in [0.25, 0.3) is 0 Å². The summed E-state index contributed by atoms with van der Waals surface area (Å²) >= 11 is 0. The maximum Gasteiger partial charge on any atom is 0.421 e. The first-order chi connectivity index (χ1) is 16.6. The quantitative estimate of drug-likeness (QED) is 0.372. The minimum absolute atomic E-state index is 0.0782. The fourth-order valence-electron chi connectivity index (χ4n) is 3.29. The van der Waals surface area contributed by atoms with Crippen molar-refractivity contribution in [3.63, 3.8) is 0 Å². The van der Waals surface area contributed by atoms with Crippen molar-refractivity contribution in [2.75, 3.05) is 41.6 Å². The van der Waals surface area contributed by atoms with Crippen molar-refractivity contribution in [3.8, 4) is 0 Å². The molecule has 0 aliphatic rings. The van der Waals surface area contributed by atoms with Crippen molar-refractivity contribution in [2.24, 2.45) is 0 Å². The van der Waals surface area contributed by atoms with Gasteiger partial charge in [0.15, 0.2) is 0 Å². The fraction of sp³-hybridized carbons (Fsp3) is 0.318. The Kier molecular flexibility index (Phi) is 7.94. The third kappa shape index (κ3) is 7.41. The van der Waals surface area contributed by atoms with Gasteiger partial charge in [0.05, 0.1) is 13.4 Å². The fourth-order valence-corrected chi connectivity index (χ4v) is 4.84. The van der Waals surface area contributed by atoms with E-state index in [-0.39, 0.29) is 18.3 Å². The summed E-state index contributed by atoms with van der Waals surface area (Å²) in [5.74, 6) is -0.493. The number of hydrogen-bond acceptors (Lipinski definition) is 8. The number of benzene rings is 1. The smallest absolute Gasteiger partial charge is 0.365 e. The number of nitrogens with one attached hydrogen (secondary N) is 2. The Hall–Kier alpha value is -3.18. The first-order valence-electron chi connectivity index (χ1n) is 10.6. The Morgan fingerprint density at radius 1 is 1.11 bits per heavy atom. The number of nitrogens with zero attached hydrogens (tertiary/aromatic N) is 4. The van der Waals surface area contributed by atoms with Gasteiger partial charge in [-0.1, -0.05) is 18.2 Å². The molecule has 0 radical (unpaired) electrons. The lowest BCUT2D eigenvalue weighted by Gasteiger charge is -2.20. The van der Waals surface area contributed by atoms with Gasteiger partial charge in [0.2, 0.25) is 16.0 Å². The number of pyridine rings is 1. The van der Waals surface area contributed by atoms with Crippen LogP contribution >= 0.6 is 7.14 Å². The zero-order valence-corrected chi connectivity index (χ0v) is 21.7.